The van der Waals surface area contributed by atoms with Crippen LogP contribution >= 0.6 is 11.6 Å². The third-order valence-electron chi connectivity index (χ3n) is 1.98. The molecule has 0 fully saturated rings. The van der Waals surface area contributed by atoms with Crippen molar-refractivity contribution in [2.45, 2.75) is 13.3 Å². The number of rotatable bonds is 5. The van der Waals surface area contributed by atoms with Crippen LogP contribution in [0, 0.1) is 6.92 Å². The first kappa shape index (κ1) is 10.6. The third-order valence-corrected chi connectivity index (χ3v) is 2.17. The number of hydrogen-bond acceptors (Lipinski definition) is 1. The largest absolute Gasteiger partial charge is 0.315 e. The summed E-state index contributed by atoms with van der Waals surface area (Å²) in [5, 5.41) is 3.27. The van der Waals surface area contributed by atoms with Crippen LogP contribution in [0.15, 0.2) is 24.3 Å². The smallest absolute Gasteiger partial charge is 0.0348 e. The van der Waals surface area contributed by atoms with Gasteiger partial charge < -0.3 is 5.32 Å². The zero-order valence-corrected chi connectivity index (χ0v) is 8.77. The van der Waals surface area contributed by atoms with Crippen LogP contribution < -0.4 is 5.32 Å². The SMILES string of the molecule is Cc1ccc(CCNCCCl)cc1. The average Bonchev–Trinajstić information content (AvgIpc) is 2.15. The van der Waals surface area contributed by atoms with Crippen molar-refractivity contribution in [3.05, 3.63) is 35.4 Å². The molecule has 13 heavy (non-hydrogen) atoms. The van der Waals surface area contributed by atoms with Crippen molar-refractivity contribution in [3.8, 4) is 0 Å². The van der Waals surface area contributed by atoms with Gasteiger partial charge in [0, 0.05) is 12.4 Å². The number of hydrogen-bond donors (Lipinski definition) is 1. The van der Waals surface area contributed by atoms with Crippen molar-refractivity contribution < 1.29 is 0 Å². The Morgan fingerprint density at radius 3 is 2.46 bits per heavy atom. The monoisotopic (exact) mass is 197 g/mol. The Labute approximate surface area is 85.1 Å². The standard InChI is InChI=1S/C11H16ClN/c1-10-2-4-11(5-3-10)6-8-13-9-7-12/h2-5,13H,6-9H2,1H3. The van der Waals surface area contributed by atoms with E-state index in [1.807, 2.05) is 0 Å². The molecule has 0 bridgehead atoms. The fourth-order valence-electron chi connectivity index (χ4n) is 1.18. The minimum absolute atomic E-state index is 0.688. The molecule has 72 valence electrons. The normalized spacial score (nSPS) is 10.3. The second-order valence-electron chi connectivity index (χ2n) is 3.17. The van der Waals surface area contributed by atoms with Gasteiger partial charge in [-0.15, -0.1) is 11.6 Å². The molecule has 0 saturated heterocycles. The predicted molar refractivity (Wildman–Crippen MR) is 58.5 cm³/mol. The first-order valence-electron chi connectivity index (χ1n) is 4.65. The molecule has 0 radical (unpaired) electrons. The molecule has 1 nitrogen and oxygen atoms in total. The summed E-state index contributed by atoms with van der Waals surface area (Å²) >= 11 is 5.54. The van der Waals surface area contributed by atoms with Gasteiger partial charge in [0.05, 0.1) is 0 Å². The Morgan fingerprint density at radius 1 is 1.15 bits per heavy atom. The first-order valence-corrected chi connectivity index (χ1v) is 5.18. The molecule has 0 aromatic heterocycles. The predicted octanol–water partition coefficient (Wildman–Crippen LogP) is 2.37. The van der Waals surface area contributed by atoms with Gasteiger partial charge in [0.2, 0.25) is 0 Å². The quantitative estimate of drug-likeness (QED) is 0.565. The highest BCUT2D eigenvalue weighted by Gasteiger charge is 1.91. The van der Waals surface area contributed by atoms with Crippen LogP contribution in [0.25, 0.3) is 0 Å². The zero-order valence-electron chi connectivity index (χ0n) is 8.02. The Hall–Kier alpha value is -0.530. The minimum atomic E-state index is 0.688. The lowest BCUT2D eigenvalue weighted by atomic mass is 10.1. The van der Waals surface area contributed by atoms with Gasteiger partial charge in [-0.1, -0.05) is 29.8 Å². The van der Waals surface area contributed by atoms with Crippen molar-refractivity contribution in [2.24, 2.45) is 0 Å². The van der Waals surface area contributed by atoms with E-state index in [0.717, 1.165) is 19.5 Å². The number of nitrogens with one attached hydrogen (secondary N) is 1. The summed E-state index contributed by atoms with van der Waals surface area (Å²) in [5.41, 5.74) is 2.70. The number of benzene rings is 1. The minimum Gasteiger partial charge on any atom is -0.315 e. The van der Waals surface area contributed by atoms with Gasteiger partial charge in [-0.3, -0.25) is 0 Å². The number of halogens is 1. The second kappa shape index (κ2) is 6.01. The maximum Gasteiger partial charge on any atom is 0.0348 e. The molecule has 0 spiro atoms. The Kier molecular flexibility index (Phi) is 4.87. The van der Waals surface area contributed by atoms with Gasteiger partial charge in [-0.25, -0.2) is 0 Å². The van der Waals surface area contributed by atoms with Crippen LogP contribution in [0.3, 0.4) is 0 Å². The van der Waals surface area contributed by atoms with Crippen molar-refractivity contribution in [3.63, 3.8) is 0 Å². The van der Waals surface area contributed by atoms with Crippen LogP contribution in [0.1, 0.15) is 11.1 Å². The average molecular weight is 198 g/mol. The van der Waals surface area contributed by atoms with Gasteiger partial charge >= 0.3 is 0 Å². The van der Waals surface area contributed by atoms with Crippen molar-refractivity contribution in [2.75, 3.05) is 19.0 Å². The van der Waals surface area contributed by atoms with Gasteiger partial charge in [0.25, 0.3) is 0 Å². The molecule has 0 aliphatic rings. The van der Waals surface area contributed by atoms with Crippen molar-refractivity contribution >= 4 is 11.6 Å². The van der Waals surface area contributed by atoms with Crippen LogP contribution in [0.5, 0.6) is 0 Å². The summed E-state index contributed by atoms with van der Waals surface area (Å²) in [6.07, 6.45) is 1.08. The highest BCUT2D eigenvalue weighted by Crippen LogP contribution is 2.02. The molecule has 2 heteroatoms. The summed E-state index contributed by atoms with van der Waals surface area (Å²) in [7, 11) is 0. The van der Waals surface area contributed by atoms with E-state index in [1.54, 1.807) is 0 Å². The second-order valence-corrected chi connectivity index (χ2v) is 3.55. The van der Waals surface area contributed by atoms with Gasteiger partial charge in [0.15, 0.2) is 0 Å². The fourth-order valence-corrected chi connectivity index (χ4v) is 1.31. The molecular weight excluding hydrogens is 182 g/mol. The zero-order chi connectivity index (χ0) is 9.52. The van der Waals surface area contributed by atoms with E-state index < -0.39 is 0 Å². The first-order chi connectivity index (χ1) is 6.33. The Balaban J connectivity index is 2.25. The topological polar surface area (TPSA) is 12.0 Å². The lowest BCUT2D eigenvalue weighted by Crippen LogP contribution is -2.19. The molecule has 1 rings (SSSR count). The van der Waals surface area contributed by atoms with E-state index in [0.29, 0.717) is 5.88 Å². The number of aryl methyl sites for hydroxylation is 1. The van der Waals surface area contributed by atoms with Gasteiger partial charge in [-0.2, -0.15) is 0 Å². The highest BCUT2D eigenvalue weighted by molar-refractivity contribution is 6.18. The van der Waals surface area contributed by atoms with E-state index in [1.165, 1.54) is 11.1 Å². The summed E-state index contributed by atoms with van der Waals surface area (Å²) in [4.78, 5) is 0. The molecule has 0 aliphatic carbocycles. The lowest BCUT2D eigenvalue weighted by molar-refractivity contribution is 0.719. The number of alkyl halides is 1. The molecule has 0 saturated carbocycles. The molecule has 1 N–H and O–H groups in total. The fraction of sp³-hybridized carbons (Fsp3) is 0.455. The van der Waals surface area contributed by atoms with E-state index in [-0.39, 0.29) is 0 Å². The van der Waals surface area contributed by atoms with Crippen molar-refractivity contribution in [1.29, 1.82) is 0 Å². The third kappa shape index (κ3) is 4.30. The maximum absolute atomic E-state index is 5.54. The Morgan fingerprint density at radius 2 is 1.85 bits per heavy atom. The van der Waals surface area contributed by atoms with Crippen LogP contribution in [-0.2, 0) is 6.42 Å². The summed E-state index contributed by atoms with van der Waals surface area (Å²) < 4.78 is 0. The Bertz CT molecular complexity index is 230. The van der Waals surface area contributed by atoms with Crippen LogP contribution in [0.2, 0.25) is 0 Å². The van der Waals surface area contributed by atoms with Gasteiger partial charge in [0.1, 0.15) is 0 Å². The molecular formula is C11H16ClN. The van der Waals surface area contributed by atoms with E-state index >= 15 is 0 Å². The van der Waals surface area contributed by atoms with Gasteiger partial charge in [-0.05, 0) is 25.5 Å². The molecule has 0 aliphatic heterocycles. The molecule has 0 heterocycles. The van der Waals surface area contributed by atoms with E-state index in [2.05, 4.69) is 36.5 Å². The molecule has 0 unspecified atom stereocenters. The van der Waals surface area contributed by atoms with E-state index in [4.69, 9.17) is 11.6 Å². The van der Waals surface area contributed by atoms with Crippen LogP contribution in [-0.4, -0.2) is 19.0 Å². The summed E-state index contributed by atoms with van der Waals surface area (Å²) in [5.74, 6) is 0.688. The molecule has 1 aromatic rings. The molecule has 0 amide bonds. The lowest BCUT2D eigenvalue weighted by Gasteiger charge is -2.02. The summed E-state index contributed by atoms with van der Waals surface area (Å²) in [6, 6.07) is 8.66. The highest BCUT2D eigenvalue weighted by atomic mass is 35.5. The van der Waals surface area contributed by atoms with Crippen molar-refractivity contribution in [1.82, 2.24) is 5.32 Å². The van der Waals surface area contributed by atoms with Crippen LogP contribution in [0.4, 0.5) is 0 Å². The maximum atomic E-state index is 5.54. The summed E-state index contributed by atoms with van der Waals surface area (Å²) in [6.45, 7) is 4.01. The molecule has 0 atom stereocenters. The molecule has 1 aromatic carbocycles. The van der Waals surface area contributed by atoms with E-state index in [9.17, 15) is 0 Å².